The van der Waals surface area contributed by atoms with Crippen LogP contribution in [0.2, 0.25) is 0 Å². The maximum absolute atomic E-state index is 12.6. The average molecular weight is 1990 g/mol. The lowest BCUT2D eigenvalue weighted by molar-refractivity contribution is 0.00578. The number of ketones is 3. The molecular weight excluding hydrogens is 1870 g/mol. The lowest BCUT2D eigenvalue weighted by Crippen LogP contribution is -2.41. The van der Waals surface area contributed by atoms with Crippen LogP contribution >= 0.6 is 15.9 Å². The molecule has 2 fully saturated rings. The second-order valence-electron chi connectivity index (χ2n) is 40.2. The molecule has 17 rings (SSSR count). The van der Waals surface area contributed by atoms with Crippen LogP contribution in [0.4, 0.5) is 41.9 Å². The fourth-order valence-corrected chi connectivity index (χ4v) is 14.9. The first-order valence-corrected chi connectivity index (χ1v) is 46.9. The minimum atomic E-state index is -0.645. The van der Waals surface area contributed by atoms with E-state index in [-0.39, 0.29) is 17.3 Å². The number of ether oxygens (including phenoxy) is 4. The molecule has 11 aromatic heterocycles. The third-order valence-electron chi connectivity index (χ3n) is 22.6. The van der Waals surface area contributed by atoms with Gasteiger partial charge in [0, 0.05) is 88.6 Å². The number of hydrogen-bond acceptors (Lipinski definition) is 26. The molecule has 0 atom stereocenters. The number of aryl methyl sites for hydroxylation is 4. The molecule has 0 spiro atoms. The SMILES string of the molecule is CC(=O)c1cccc(-c2cc(NC(=O)OC(C)(C)C)c3cn(-c4cccc(C)n4)nc3c2)n1.CC(=O)c1cccc(-c2cc(NC(=O)OC(C)(C)C)c3cnn(-c4cccc(C)n4)c3c2)n1.CC(=O)c1cccc(Br)n1.Cc1cccc(-n2cc3c(NC(=O)OC(C)(C)C)cc(B4OC(C)(C)C(C)(C)O4)cc3n2)n1.Cc1cccc(-n2ncc3c(NC(=O)OC(C)(C)C)cc(B4OC(C)(C)C(C)(C)O4)cc32)n1. The van der Waals surface area contributed by atoms with Gasteiger partial charge in [0.15, 0.2) is 40.6 Å². The van der Waals surface area contributed by atoms with Gasteiger partial charge < -0.3 is 37.6 Å². The van der Waals surface area contributed by atoms with Gasteiger partial charge in [-0.25, -0.2) is 72.8 Å². The van der Waals surface area contributed by atoms with Crippen LogP contribution in [0.5, 0.6) is 0 Å². The highest BCUT2D eigenvalue weighted by Gasteiger charge is 2.53. The van der Waals surface area contributed by atoms with E-state index in [1.165, 1.54) is 20.8 Å². The van der Waals surface area contributed by atoms with E-state index in [2.05, 4.69) is 87.4 Å². The Kier molecular flexibility index (Phi) is 30.7. The van der Waals surface area contributed by atoms with Gasteiger partial charge >= 0.3 is 38.6 Å². The number of halogens is 1. The summed E-state index contributed by atoms with van der Waals surface area (Å²) in [5.41, 5.74) is 9.32. The number of carbonyl (C=O) groups is 7. The number of pyridine rings is 7. The molecule has 4 amide bonds. The second-order valence-corrected chi connectivity index (χ2v) is 41.1. The topological polar surface area (TPSA) is 403 Å². The molecular formula is C105H118B2BrN19O15. The summed E-state index contributed by atoms with van der Waals surface area (Å²) in [6.07, 6.45) is 4.80. The van der Waals surface area contributed by atoms with Crippen LogP contribution in [-0.2, 0) is 37.6 Å². The quantitative estimate of drug-likeness (QED) is 0.0320. The highest BCUT2D eigenvalue weighted by Crippen LogP contribution is 2.41. The zero-order chi connectivity index (χ0) is 103. The number of nitrogens with zero attached hydrogens (tertiary/aromatic N) is 15. The van der Waals surface area contributed by atoms with Crippen molar-refractivity contribution in [3.63, 3.8) is 0 Å². The molecule has 2 aliphatic rings. The van der Waals surface area contributed by atoms with Crippen molar-refractivity contribution in [1.29, 1.82) is 0 Å². The number of aromatic nitrogens is 15. The van der Waals surface area contributed by atoms with Gasteiger partial charge in [-0.3, -0.25) is 35.7 Å². The Balaban J connectivity index is 0.000000154. The maximum Gasteiger partial charge on any atom is 0.494 e. The van der Waals surface area contributed by atoms with Crippen molar-refractivity contribution >= 4 is 149 Å². The van der Waals surface area contributed by atoms with Crippen molar-refractivity contribution in [3.05, 3.63) is 245 Å². The van der Waals surface area contributed by atoms with E-state index in [0.29, 0.717) is 101 Å². The molecule has 0 unspecified atom stereocenters. The van der Waals surface area contributed by atoms with Crippen LogP contribution in [-0.4, -0.2) is 175 Å². The molecule has 4 N–H and O–H groups in total. The standard InChI is InChI=1S/2C25H25N5O3.2C24H31BN4O4.C7H6BrNO/c1-15-8-6-11-23(26-15)30-14-18-21(28-24(32)33-25(3,4)5)12-17(13-22(18)29-30)20-10-7-9-19(27-20)16(2)31;1-15-8-6-11-23(27-15)30-22-13-17(20-10-7-9-19(28-20)16(2)31)12-21(18(22)14-26-30)29-24(32)33-25(3,4)5;1-15-10-9-11-20(26-15)29-14-17-18(27-21(30)31-22(2,3)4)12-16(13-19(17)28-29)25-32-23(5,6)24(7,8)33-25;1-15-10-9-11-20(27-15)29-19-13-16(25-32-23(5,6)24(7,8)33-25)12-18(17(19)14-26-29)28-21(30)31-22(2,3)4;1-5(10)6-3-2-4-7(8)9-6/h6-14H,1-5H3,(H,28,32);6-14H,1-5H3,(H,29,32);9-14H,1-8H3,(H,27,30);9-14H,1-8H3,(H,28,30);2-4H,1H3. The summed E-state index contributed by atoms with van der Waals surface area (Å²) in [4.78, 5) is 116. The maximum atomic E-state index is 12.6. The minimum Gasteiger partial charge on any atom is -0.444 e. The van der Waals surface area contributed by atoms with E-state index in [9.17, 15) is 33.6 Å². The zero-order valence-electron chi connectivity index (χ0n) is 84.9. The van der Waals surface area contributed by atoms with Crippen LogP contribution in [0.1, 0.15) is 213 Å². The third kappa shape index (κ3) is 26.3. The predicted octanol–water partition coefficient (Wildman–Crippen LogP) is 21.5. The number of benzene rings is 4. The Morgan fingerprint density at radius 1 is 0.345 bits per heavy atom. The molecule has 0 bridgehead atoms. The number of fused-ring (bicyclic) bond motifs is 4. The molecule has 736 valence electrons. The summed E-state index contributed by atoms with van der Waals surface area (Å²) < 4.78 is 54.4. The van der Waals surface area contributed by atoms with E-state index in [1.807, 2.05) is 258 Å². The first kappa shape index (κ1) is 105. The first-order valence-electron chi connectivity index (χ1n) is 46.1. The van der Waals surface area contributed by atoms with E-state index in [4.69, 9.17) is 42.7 Å². The molecule has 37 heteroatoms. The average Bonchev–Trinajstić information content (AvgIpc) is 1.60. The van der Waals surface area contributed by atoms with Gasteiger partial charge in [0.25, 0.3) is 0 Å². The van der Waals surface area contributed by atoms with Crippen molar-refractivity contribution in [3.8, 4) is 45.8 Å². The number of hydrogen-bond donors (Lipinski definition) is 4. The highest BCUT2D eigenvalue weighted by molar-refractivity contribution is 9.10. The van der Waals surface area contributed by atoms with Gasteiger partial charge in [-0.2, -0.15) is 20.4 Å². The minimum absolute atomic E-state index is 0.0127. The number of nitrogens with one attached hydrogen (secondary N) is 4. The summed E-state index contributed by atoms with van der Waals surface area (Å²) in [5, 5.41) is 32.8. The van der Waals surface area contributed by atoms with Crippen molar-refractivity contribution < 1.29 is 71.1 Å². The molecule has 4 aromatic carbocycles. The third-order valence-corrected chi connectivity index (χ3v) is 23.0. The Morgan fingerprint density at radius 2 is 0.641 bits per heavy atom. The van der Waals surface area contributed by atoms with E-state index < -0.39 is 83.4 Å². The predicted molar refractivity (Wildman–Crippen MR) is 554 cm³/mol. The number of amides is 4. The molecule has 0 radical (unpaired) electrons. The van der Waals surface area contributed by atoms with Crippen molar-refractivity contribution in [2.24, 2.45) is 0 Å². The monoisotopic (exact) mass is 1990 g/mol. The van der Waals surface area contributed by atoms with Gasteiger partial charge in [0.1, 0.15) is 44.1 Å². The summed E-state index contributed by atoms with van der Waals surface area (Å²) in [6, 6.07) is 53.6. The van der Waals surface area contributed by atoms with Crippen molar-refractivity contribution in [2.45, 2.75) is 232 Å². The Morgan fingerprint density at radius 3 is 0.986 bits per heavy atom. The zero-order valence-corrected chi connectivity index (χ0v) is 86.5. The van der Waals surface area contributed by atoms with Gasteiger partial charge in [-0.05, 0) is 326 Å². The molecule has 15 aromatic rings. The molecule has 2 saturated heterocycles. The molecule has 142 heavy (non-hydrogen) atoms. The largest absolute Gasteiger partial charge is 0.494 e. The molecule has 2 aliphatic heterocycles. The number of carbonyl (C=O) groups excluding carboxylic acids is 7. The Bertz CT molecular complexity index is 7210. The van der Waals surface area contributed by atoms with Crippen molar-refractivity contribution in [2.75, 3.05) is 21.3 Å². The number of rotatable bonds is 15. The van der Waals surface area contributed by atoms with E-state index in [0.717, 1.165) is 66.3 Å². The fourth-order valence-electron chi connectivity index (χ4n) is 14.5. The van der Waals surface area contributed by atoms with Gasteiger partial charge in [-0.15, -0.1) is 0 Å². The molecule has 34 nitrogen and oxygen atoms in total. The number of anilines is 4. The van der Waals surface area contributed by atoms with E-state index in [1.54, 1.807) is 127 Å². The normalized spacial score (nSPS) is 14.1. The Labute approximate surface area is 833 Å². The lowest BCUT2D eigenvalue weighted by Gasteiger charge is -2.32. The highest BCUT2D eigenvalue weighted by atomic mass is 79.9. The summed E-state index contributed by atoms with van der Waals surface area (Å²) >= 11 is 3.17. The second kappa shape index (κ2) is 41.6. The fraction of sp³-hybridized carbons (Fsp3) is 0.333. The van der Waals surface area contributed by atoms with Gasteiger partial charge in [-0.1, -0.05) is 42.5 Å². The lowest BCUT2D eigenvalue weighted by atomic mass is 9.78. The van der Waals surface area contributed by atoms with E-state index >= 15 is 0 Å². The first-order chi connectivity index (χ1) is 66.4. The Hall–Kier alpha value is -14.7. The molecule has 0 aliphatic carbocycles. The van der Waals surface area contributed by atoms with Crippen LogP contribution in [0.25, 0.3) is 89.4 Å². The summed E-state index contributed by atoms with van der Waals surface area (Å²) in [6.45, 7) is 49.9. The summed E-state index contributed by atoms with van der Waals surface area (Å²) in [5.74, 6) is 2.41. The molecule has 0 saturated carbocycles. The van der Waals surface area contributed by atoms with Gasteiger partial charge in [0.05, 0.1) is 91.0 Å². The smallest absolute Gasteiger partial charge is 0.444 e. The van der Waals surface area contributed by atoms with Crippen molar-refractivity contribution in [1.82, 2.24) is 74.0 Å². The van der Waals surface area contributed by atoms with Crippen LogP contribution in [0, 0.1) is 27.7 Å². The van der Waals surface area contributed by atoms with Crippen LogP contribution < -0.4 is 32.2 Å². The van der Waals surface area contributed by atoms with Crippen LogP contribution in [0.15, 0.2) is 205 Å². The molecule has 13 heterocycles. The number of Topliss-reactive ketones (excluding diaryl/α,β-unsaturated/α-hetero) is 3. The van der Waals surface area contributed by atoms with Crippen LogP contribution in [0.3, 0.4) is 0 Å². The van der Waals surface area contributed by atoms with Gasteiger partial charge in [0.2, 0.25) is 0 Å². The summed E-state index contributed by atoms with van der Waals surface area (Å²) in [7, 11) is -1.20.